The topological polar surface area (TPSA) is 74.6 Å². The van der Waals surface area contributed by atoms with Crippen molar-refractivity contribution < 1.29 is 23.9 Å². The lowest BCUT2D eigenvalue weighted by Crippen LogP contribution is -2.37. The number of hydrogen-bond acceptors (Lipinski definition) is 5. The molecule has 148 valence electrons. The molecule has 1 aromatic heterocycles. The number of rotatable bonds is 6. The minimum Gasteiger partial charge on any atom is -0.466 e. The summed E-state index contributed by atoms with van der Waals surface area (Å²) >= 11 is 0. The Balaban J connectivity index is 2.26. The minimum atomic E-state index is -0.679. The van der Waals surface area contributed by atoms with Crippen LogP contribution in [0.5, 0.6) is 0 Å². The summed E-state index contributed by atoms with van der Waals surface area (Å²) in [5.74, 6) is -0.346. The van der Waals surface area contributed by atoms with Crippen molar-refractivity contribution in [3.63, 3.8) is 0 Å². The van der Waals surface area contributed by atoms with Crippen molar-refractivity contribution in [2.45, 2.75) is 65.4 Å². The molecular weight excluding hydrogens is 346 g/mol. The van der Waals surface area contributed by atoms with E-state index in [9.17, 15) is 14.4 Å². The van der Waals surface area contributed by atoms with Gasteiger partial charge in [0.05, 0.1) is 6.61 Å². The number of carbonyl (C=O) groups excluding carboxylic acids is 3. The molecule has 0 spiro atoms. The summed E-state index contributed by atoms with van der Waals surface area (Å²) in [4.78, 5) is 37.5. The van der Waals surface area contributed by atoms with Gasteiger partial charge in [-0.25, -0.2) is 4.79 Å². The molecule has 1 aromatic rings. The molecule has 27 heavy (non-hydrogen) atoms. The normalized spacial score (nSPS) is 19.3. The van der Waals surface area contributed by atoms with E-state index in [1.54, 1.807) is 46.0 Å². The molecule has 1 atom stereocenters. The molecule has 0 bridgehead atoms. The molecular formula is C21H29NO5. The number of Topliss-reactive ketones (excluding diaryl/α,β-unsaturated/α-hetero) is 1. The molecule has 0 saturated heterocycles. The smallest absolute Gasteiger partial charge is 0.418 e. The molecule has 2 rings (SSSR count). The average molecular weight is 375 g/mol. The molecule has 0 aromatic carbocycles. The second-order valence-electron chi connectivity index (χ2n) is 7.93. The van der Waals surface area contributed by atoms with E-state index in [2.05, 4.69) is 6.58 Å². The Morgan fingerprint density at radius 2 is 2.07 bits per heavy atom. The average Bonchev–Trinajstić information content (AvgIpc) is 3.00. The van der Waals surface area contributed by atoms with Gasteiger partial charge in [0.2, 0.25) is 0 Å². The highest BCUT2D eigenvalue weighted by atomic mass is 16.6. The van der Waals surface area contributed by atoms with Crippen LogP contribution in [0.1, 0.15) is 69.4 Å². The Bertz CT molecular complexity index is 740. The lowest BCUT2D eigenvalue weighted by molar-refractivity contribution is -0.143. The molecule has 1 aliphatic rings. The summed E-state index contributed by atoms with van der Waals surface area (Å²) in [6, 6.07) is 1.67. The number of hydrogen-bond donors (Lipinski definition) is 0. The Kier molecular flexibility index (Phi) is 6.29. The first kappa shape index (κ1) is 20.9. The zero-order valence-corrected chi connectivity index (χ0v) is 16.7. The molecule has 0 aliphatic heterocycles. The molecule has 0 saturated carbocycles. The molecule has 1 aliphatic carbocycles. The highest BCUT2D eigenvalue weighted by molar-refractivity contribution is 6.03. The van der Waals surface area contributed by atoms with Gasteiger partial charge in [-0.15, -0.1) is 6.58 Å². The maximum Gasteiger partial charge on any atom is 0.418 e. The van der Waals surface area contributed by atoms with Crippen LogP contribution in [0.15, 0.2) is 24.9 Å². The van der Waals surface area contributed by atoms with Crippen LogP contribution in [-0.4, -0.2) is 34.6 Å². The van der Waals surface area contributed by atoms with E-state index in [4.69, 9.17) is 9.47 Å². The van der Waals surface area contributed by atoms with E-state index in [0.29, 0.717) is 43.5 Å². The fourth-order valence-electron chi connectivity index (χ4n) is 3.55. The summed E-state index contributed by atoms with van der Waals surface area (Å²) in [5.41, 5.74) is -0.0938. The van der Waals surface area contributed by atoms with Gasteiger partial charge in [0, 0.05) is 29.3 Å². The summed E-state index contributed by atoms with van der Waals surface area (Å²) in [5, 5.41) is 0. The number of nitrogens with zero attached hydrogens (tertiary/aromatic N) is 1. The third-order valence-corrected chi connectivity index (χ3v) is 4.80. The number of aromatic nitrogens is 1. The van der Waals surface area contributed by atoms with Crippen LogP contribution >= 0.6 is 0 Å². The van der Waals surface area contributed by atoms with Gasteiger partial charge < -0.3 is 9.47 Å². The van der Waals surface area contributed by atoms with Crippen molar-refractivity contribution in [2.75, 3.05) is 6.61 Å². The van der Waals surface area contributed by atoms with Crippen molar-refractivity contribution in [2.24, 2.45) is 5.41 Å². The van der Waals surface area contributed by atoms with E-state index in [1.807, 2.05) is 0 Å². The number of carbonyl (C=O) groups is 3. The van der Waals surface area contributed by atoms with Gasteiger partial charge in [0.25, 0.3) is 0 Å². The van der Waals surface area contributed by atoms with E-state index >= 15 is 0 Å². The largest absolute Gasteiger partial charge is 0.466 e. The lowest BCUT2D eigenvalue weighted by Gasteiger charge is -2.35. The molecule has 1 heterocycles. The zero-order valence-electron chi connectivity index (χ0n) is 16.7. The fourth-order valence-corrected chi connectivity index (χ4v) is 3.55. The maximum absolute atomic E-state index is 13.3. The van der Waals surface area contributed by atoms with Crippen LogP contribution in [0.3, 0.4) is 0 Å². The molecule has 6 heteroatoms. The predicted molar refractivity (Wildman–Crippen MR) is 102 cm³/mol. The minimum absolute atomic E-state index is 0.0461. The van der Waals surface area contributed by atoms with Gasteiger partial charge in [0.1, 0.15) is 5.60 Å². The van der Waals surface area contributed by atoms with Crippen LogP contribution in [0.2, 0.25) is 0 Å². The number of ketones is 1. The first-order chi connectivity index (χ1) is 12.6. The van der Waals surface area contributed by atoms with Gasteiger partial charge in [-0.1, -0.05) is 6.08 Å². The number of allylic oxidation sites excluding steroid dienone is 1. The quantitative estimate of drug-likeness (QED) is 0.547. The number of esters is 1. The Morgan fingerprint density at radius 1 is 1.37 bits per heavy atom. The second-order valence-corrected chi connectivity index (χ2v) is 7.93. The first-order valence-corrected chi connectivity index (χ1v) is 9.38. The molecule has 1 unspecified atom stereocenters. The van der Waals surface area contributed by atoms with Crippen LogP contribution in [0.25, 0.3) is 0 Å². The standard InChI is InChI=1S/C21H29NO5/c1-6-11-21(13-9-17(23)26-7-2)12-8-16-15(18(21)24)10-14-22(16)19(25)27-20(3,4)5/h6,10,14H,1,7-9,11-13H2,2-5H3. The molecule has 0 amide bonds. The van der Waals surface area contributed by atoms with Crippen LogP contribution in [-0.2, 0) is 20.7 Å². The van der Waals surface area contributed by atoms with Gasteiger partial charge in [-0.05, 0) is 59.4 Å². The van der Waals surface area contributed by atoms with E-state index in [1.165, 1.54) is 4.57 Å². The zero-order chi connectivity index (χ0) is 20.2. The molecule has 0 fully saturated rings. The third-order valence-electron chi connectivity index (χ3n) is 4.80. The SMILES string of the molecule is C=CCC1(CCC(=O)OCC)CCc2c(ccn2C(=O)OC(C)(C)C)C1=O. The van der Waals surface area contributed by atoms with Crippen LogP contribution in [0, 0.1) is 5.41 Å². The second kappa shape index (κ2) is 8.11. The highest BCUT2D eigenvalue weighted by Crippen LogP contribution is 2.42. The highest BCUT2D eigenvalue weighted by Gasteiger charge is 2.43. The Hall–Kier alpha value is -2.37. The number of fused-ring (bicyclic) bond motifs is 1. The van der Waals surface area contributed by atoms with Gasteiger partial charge in [-0.2, -0.15) is 0 Å². The first-order valence-electron chi connectivity index (χ1n) is 9.38. The fraction of sp³-hybridized carbons (Fsp3) is 0.571. The maximum atomic E-state index is 13.3. The van der Waals surface area contributed by atoms with Crippen molar-refractivity contribution in [1.29, 1.82) is 0 Å². The van der Waals surface area contributed by atoms with Crippen molar-refractivity contribution in [1.82, 2.24) is 4.57 Å². The van der Waals surface area contributed by atoms with Crippen molar-refractivity contribution in [3.8, 4) is 0 Å². The summed E-state index contributed by atoms with van der Waals surface area (Å²) < 4.78 is 11.8. The van der Waals surface area contributed by atoms with Crippen LogP contribution in [0.4, 0.5) is 4.79 Å². The lowest BCUT2D eigenvalue weighted by atomic mass is 9.67. The summed E-state index contributed by atoms with van der Waals surface area (Å²) in [6.07, 6.45) is 5.02. The Labute approximate surface area is 160 Å². The molecule has 0 radical (unpaired) electrons. The predicted octanol–water partition coefficient (Wildman–Crippen LogP) is 4.31. The van der Waals surface area contributed by atoms with E-state index in [0.717, 1.165) is 0 Å². The van der Waals surface area contributed by atoms with E-state index in [-0.39, 0.29) is 18.2 Å². The van der Waals surface area contributed by atoms with Crippen LogP contribution < -0.4 is 0 Å². The third kappa shape index (κ3) is 4.67. The molecule has 6 nitrogen and oxygen atoms in total. The van der Waals surface area contributed by atoms with Crippen molar-refractivity contribution >= 4 is 17.8 Å². The summed E-state index contributed by atoms with van der Waals surface area (Å²) in [7, 11) is 0. The van der Waals surface area contributed by atoms with Gasteiger partial charge in [0.15, 0.2) is 5.78 Å². The van der Waals surface area contributed by atoms with Gasteiger partial charge in [-0.3, -0.25) is 14.2 Å². The monoisotopic (exact) mass is 375 g/mol. The van der Waals surface area contributed by atoms with Crippen molar-refractivity contribution in [3.05, 3.63) is 36.2 Å². The van der Waals surface area contributed by atoms with Gasteiger partial charge >= 0.3 is 12.1 Å². The Morgan fingerprint density at radius 3 is 2.67 bits per heavy atom. The molecule has 0 N–H and O–H groups in total. The van der Waals surface area contributed by atoms with E-state index < -0.39 is 17.1 Å². The number of ether oxygens (including phenoxy) is 2. The summed E-state index contributed by atoms with van der Waals surface area (Å²) in [6.45, 7) is 11.3.